The van der Waals surface area contributed by atoms with Crippen molar-refractivity contribution < 1.29 is 24.5 Å². The fourth-order valence-corrected chi connectivity index (χ4v) is 3.25. The third-order valence-corrected chi connectivity index (χ3v) is 4.94. The van der Waals surface area contributed by atoms with Crippen molar-refractivity contribution in [3.05, 3.63) is 65.2 Å². The minimum absolute atomic E-state index is 0.724. The smallest absolute Gasteiger partial charge is 0.414 e. The Bertz CT molecular complexity index is 803. The van der Waals surface area contributed by atoms with Gasteiger partial charge in [0.2, 0.25) is 0 Å². The Labute approximate surface area is 177 Å². The molecule has 0 bridgehead atoms. The summed E-state index contributed by atoms with van der Waals surface area (Å²) in [5.41, 5.74) is 4.22. The first-order valence-electron chi connectivity index (χ1n) is 10.1. The Morgan fingerprint density at radius 3 is 1.90 bits per heavy atom. The summed E-state index contributed by atoms with van der Waals surface area (Å²) < 4.78 is 5.51. The lowest BCUT2D eigenvalue weighted by molar-refractivity contribution is -0.159. The molecule has 7 nitrogen and oxygen atoms in total. The number of ether oxygens (including phenoxy) is 1. The Hall–Kier alpha value is -2.90. The van der Waals surface area contributed by atoms with E-state index in [0.717, 1.165) is 51.6 Å². The van der Waals surface area contributed by atoms with Crippen LogP contribution in [-0.4, -0.2) is 64.7 Å². The van der Waals surface area contributed by atoms with Gasteiger partial charge in [0.25, 0.3) is 0 Å². The number of aliphatic carboxylic acids is 2. The molecule has 3 rings (SSSR count). The van der Waals surface area contributed by atoms with E-state index in [-0.39, 0.29) is 0 Å². The lowest BCUT2D eigenvalue weighted by Crippen LogP contribution is -2.45. The van der Waals surface area contributed by atoms with Crippen molar-refractivity contribution >= 4 is 11.9 Å². The van der Waals surface area contributed by atoms with E-state index in [2.05, 4.69) is 65.3 Å². The molecule has 0 aromatic heterocycles. The number of nitrogens with zero attached hydrogens (tertiary/aromatic N) is 2. The van der Waals surface area contributed by atoms with Crippen molar-refractivity contribution in [1.82, 2.24) is 9.80 Å². The van der Waals surface area contributed by atoms with Crippen LogP contribution in [0.4, 0.5) is 0 Å². The van der Waals surface area contributed by atoms with E-state index < -0.39 is 11.9 Å². The van der Waals surface area contributed by atoms with E-state index in [1.165, 1.54) is 16.7 Å². The number of hydrogen-bond donors (Lipinski definition) is 2. The number of benzene rings is 2. The molecule has 0 unspecified atom stereocenters. The summed E-state index contributed by atoms with van der Waals surface area (Å²) >= 11 is 0. The molecule has 0 amide bonds. The van der Waals surface area contributed by atoms with Crippen molar-refractivity contribution in [2.45, 2.75) is 26.9 Å². The molecule has 0 atom stereocenters. The van der Waals surface area contributed by atoms with E-state index in [1.54, 1.807) is 0 Å². The van der Waals surface area contributed by atoms with Crippen LogP contribution in [0.5, 0.6) is 5.75 Å². The van der Waals surface area contributed by atoms with Gasteiger partial charge >= 0.3 is 11.9 Å². The molecule has 1 saturated heterocycles. The van der Waals surface area contributed by atoms with Gasteiger partial charge in [-0.15, -0.1) is 0 Å². The lowest BCUT2D eigenvalue weighted by atomic mass is 10.1. The molecule has 1 aliphatic heterocycles. The van der Waals surface area contributed by atoms with Gasteiger partial charge in [-0.3, -0.25) is 9.80 Å². The number of carbonyl (C=O) groups is 2. The zero-order chi connectivity index (χ0) is 21.9. The summed E-state index contributed by atoms with van der Waals surface area (Å²) in [6.45, 7) is 11.6. The predicted molar refractivity (Wildman–Crippen MR) is 115 cm³/mol. The highest BCUT2D eigenvalue weighted by Crippen LogP contribution is 2.16. The van der Waals surface area contributed by atoms with Crippen molar-refractivity contribution in [2.75, 3.05) is 32.8 Å². The highest BCUT2D eigenvalue weighted by Gasteiger charge is 2.17. The fraction of sp³-hybridized carbons (Fsp3) is 0.391. The van der Waals surface area contributed by atoms with Crippen LogP contribution in [0.3, 0.4) is 0 Å². The highest BCUT2D eigenvalue weighted by atomic mass is 16.5. The van der Waals surface area contributed by atoms with E-state index in [9.17, 15) is 0 Å². The van der Waals surface area contributed by atoms with Crippen molar-refractivity contribution in [3.8, 4) is 5.75 Å². The molecule has 1 aliphatic rings. The molecule has 0 saturated carbocycles. The van der Waals surface area contributed by atoms with Crippen LogP contribution in [0.15, 0.2) is 48.5 Å². The van der Waals surface area contributed by atoms with E-state index >= 15 is 0 Å². The van der Waals surface area contributed by atoms with Crippen LogP contribution in [0.2, 0.25) is 0 Å². The monoisotopic (exact) mass is 414 g/mol. The Kier molecular flexibility index (Phi) is 9.31. The Morgan fingerprint density at radius 1 is 0.867 bits per heavy atom. The molecule has 1 fully saturated rings. The first kappa shape index (κ1) is 23.4. The first-order chi connectivity index (χ1) is 14.4. The van der Waals surface area contributed by atoms with E-state index in [0.29, 0.717) is 0 Å². The molecule has 30 heavy (non-hydrogen) atoms. The minimum atomic E-state index is -1.82. The fourth-order valence-electron chi connectivity index (χ4n) is 3.25. The zero-order valence-electron chi connectivity index (χ0n) is 17.6. The number of carboxylic acids is 2. The maximum Gasteiger partial charge on any atom is 0.414 e. The number of hydrogen-bond acceptors (Lipinski definition) is 5. The number of carboxylic acid groups (broad SMARTS) is 2. The van der Waals surface area contributed by atoms with Gasteiger partial charge in [0.1, 0.15) is 5.75 Å². The maximum absolute atomic E-state index is 9.10. The van der Waals surface area contributed by atoms with Crippen LogP contribution in [0.1, 0.15) is 23.6 Å². The zero-order valence-corrected chi connectivity index (χ0v) is 17.6. The molecule has 0 aliphatic carbocycles. The average molecular weight is 415 g/mol. The number of aryl methyl sites for hydroxylation is 1. The molecule has 0 radical (unpaired) electrons. The van der Waals surface area contributed by atoms with Crippen LogP contribution < -0.4 is 4.74 Å². The molecule has 2 N–H and O–H groups in total. The van der Waals surface area contributed by atoms with E-state index in [1.807, 2.05) is 6.92 Å². The number of rotatable bonds is 6. The van der Waals surface area contributed by atoms with Gasteiger partial charge in [0.05, 0.1) is 6.61 Å². The van der Waals surface area contributed by atoms with Crippen molar-refractivity contribution in [1.29, 1.82) is 0 Å². The second-order valence-corrected chi connectivity index (χ2v) is 7.17. The Balaban J connectivity index is 0.000000469. The summed E-state index contributed by atoms with van der Waals surface area (Å²) in [5, 5.41) is 14.8. The van der Waals surface area contributed by atoms with Crippen LogP contribution in [0.25, 0.3) is 0 Å². The summed E-state index contributed by atoms with van der Waals surface area (Å²) in [6, 6.07) is 17.2. The molecule has 0 spiro atoms. The lowest BCUT2D eigenvalue weighted by Gasteiger charge is -2.35. The van der Waals surface area contributed by atoms with Gasteiger partial charge in [0.15, 0.2) is 0 Å². The molecule has 7 heteroatoms. The summed E-state index contributed by atoms with van der Waals surface area (Å²) in [4.78, 5) is 23.3. The van der Waals surface area contributed by atoms with Crippen LogP contribution in [-0.2, 0) is 22.7 Å². The largest absolute Gasteiger partial charge is 0.494 e. The summed E-state index contributed by atoms with van der Waals surface area (Å²) in [6.07, 6.45) is 0. The van der Waals surface area contributed by atoms with Crippen molar-refractivity contribution in [2.24, 2.45) is 0 Å². The molecular weight excluding hydrogens is 384 g/mol. The first-order valence-corrected chi connectivity index (χ1v) is 10.1. The third-order valence-electron chi connectivity index (χ3n) is 4.94. The Morgan fingerprint density at radius 2 is 1.40 bits per heavy atom. The topological polar surface area (TPSA) is 90.3 Å². The standard InChI is InChI=1S/C21H28N2O.C2H2O4/c1-3-24-21-10-8-19(9-11-21)16-22-12-14-23(15-13-22)17-20-7-5-4-6-18(20)2;3-1(4)2(5)6/h4-11H,3,12-17H2,1-2H3;(H,3,4)(H,5,6). The second-order valence-electron chi connectivity index (χ2n) is 7.17. The predicted octanol–water partition coefficient (Wildman–Crippen LogP) is 2.87. The van der Waals surface area contributed by atoms with Gasteiger partial charge < -0.3 is 14.9 Å². The molecule has 2 aromatic carbocycles. The number of piperazine rings is 1. The average Bonchev–Trinajstić information content (AvgIpc) is 2.73. The minimum Gasteiger partial charge on any atom is -0.494 e. The molecule has 162 valence electrons. The maximum atomic E-state index is 9.10. The van der Waals surface area contributed by atoms with Gasteiger partial charge in [0, 0.05) is 39.3 Å². The molecule has 2 aromatic rings. The SMILES string of the molecule is CCOc1ccc(CN2CCN(Cc3ccccc3C)CC2)cc1.O=C(O)C(=O)O. The van der Waals surface area contributed by atoms with Gasteiger partial charge in [-0.25, -0.2) is 9.59 Å². The molecule has 1 heterocycles. The van der Waals surface area contributed by atoms with E-state index in [4.69, 9.17) is 24.5 Å². The quantitative estimate of drug-likeness (QED) is 0.703. The van der Waals surface area contributed by atoms with Gasteiger partial charge in [-0.2, -0.15) is 0 Å². The highest BCUT2D eigenvalue weighted by molar-refractivity contribution is 6.27. The van der Waals surface area contributed by atoms with Gasteiger partial charge in [-0.05, 0) is 42.7 Å². The third kappa shape index (κ3) is 7.85. The van der Waals surface area contributed by atoms with Gasteiger partial charge in [-0.1, -0.05) is 36.4 Å². The van der Waals surface area contributed by atoms with Crippen LogP contribution in [0, 0.1) is 6.92 Å². The second kappa shape index (κ2) is 11.9. The summed E-state index contributed by atoms with van der Waals surface area (Å²) in [5.74, 6) is -2.69. The molecular formula is C23H30N2O5. The van der Waals surface area contributed by atoms with Crippen LogP contribution >= 0.6 is 0 Å². The summed E-state index contributed by atoms with van der Waals surface area (Å²) in [7, 11) is 0. The normalized spacial score (nSPS) is 14.5. The van der Waals surface area contributed by atoms with Crippen molar-refractivity contribution in [3.63, 3.8) is 0 Å².